The van der Waals surface area contributed by atoms with Crippen LogP contribution in [0.3, 0.4) is 0 Å². The second kappa shape index (κ2) is 8.72. The Bertz CT molecular complexity index is 780. The molecule has 1 heterocycles. The summed E-state index contributed by atoms with van der Waals surface area (Å²) in [6.45, 7) is 3.11. The van der Waals surface area contributed by atoms with Gasteiger partial charge in [0.2, 0.25) is 5.91 Å². The van der Waals surface area contributed by atoms with Crippen LogP contribution in [0.5, 0.6) is 0 Å². The van der Waals surface area contributed by atoms with Crippen molar-refractivity contribution in [3.63, 3.8) is 0 Å². The molecule has 2 aromatic rings. The zero-order chi connectivity index (χ0) is 17.8. The van der Waals surface area contributed by atoms with Crippen LogP contribution in [0.15, 0.2) is 48.5 Å². The van der Waals surface area contributed by atoms with E-state index in [4.69, 9.17) is 5.73 Å². The first kappa shape index (κ1) is 19.8. The van der Waals surface area contributed by atoms with Gasteiger partial charge in [-0.1, -0.05) is 36.4 Å². The molecule has 5 nitrogen and oxygen atoms in total. The largest absolute Gasteiger partial charge is 0.399 e. The zero-order valence-corrected chi connectivity index (χ0v) is 15.6. The van der Waals surface area contributed by atoms with E-state index in [0.29, 0.717) is 24.2 Å². The van der Waals surface area contributed by atoms with Gasteiger partial charge in [0, 0.05) is 30.8 Å². The number of halogens is 1. The van der Waals surface area contributed by atoms with Crippen LogP contribution in [-0.4, -0.2) is 29.8 Å². The van der Waals surface area contributed by atoms with E-state index >= 15 is 0 Å². The molecule has 1 aliphatic heterocycles. The molecule has 26 heavy (non-hydrogen) atoms. The van der Waals surface area contributed by atoms with E-state index < -0.39 is 0 Å². The number of nitrogen functional groups attached to an aromatic ring is 1. The van der Waals surface area contributed by atoms with Gasteiger partial charge in [-0.2, -0.15) is 0 Å². The number of nitrogens with two attached hydrogens (primary N) is 1. The van der Waals surface area contributed by atoms with Gasteiger partial charge in [0.05, 0.1) is 6.04 Å². The van der Waals surface area contributed by atoms with Crippen molar-refractivity contribution in [2.75, 3.05) is 18.8 Å². The van der Waals surface area contributed by atoms with E-state index in [1.165, 1.54) is 0 Å². The average molecular weight is 374 g/mol. The number of benzene rings is 2. The molecule has 1 saturated heterocycles. The quantitative estimate of drug-likeness (QED) is 0.791. The van der Waals surface area contributed by atoms with Gasteiger partial charge in [-0.15, -0.1) is 12.4 Å². The number of rotatable bonds is 5. The van der Waals surface area contributed by atoms with Crippen LogP contribution in [0.4, 0.5) is 5.69 Å². The first-order valence-corrected chi connectivity index (χ1v) is 8.54. The van der Waals surface area contributed by atoms with Gasteiger partial charge in [0.1, 0.15) is 0 Å². The van der Waals surface area contributed by atoms with Gasteiger partial charge in [0.15, 0.2) is 0 Å². The minimum atomic E-state index is -0.253. The maximum Gasteiger partial charge on any atom is 0.252 e. The monoisotopic (exact) mass is 373 g/mol. The van der Waals surface area contributed by atoms with Crippen molar-refractivity contribution < 1.29 is 9.59 Å². The van der Waals surface area contributed by atoms with E-state index in [1.807, 2.05) is 48.2 Å². The smallest absolute Gasteiger partial charge is 0.252 e. The molecule has 1 fully saturated rings. The van der Waals surface area contributed by atoms with Crippen molar-refractivity contribution in [1.82, 2.24) is 10.2 Å². The number of carbonyl (C=O) groups is 2. The topological polar surface area (TPSA) is 75.4 Å². The SMILES string of the molecule is Cc1ccc(N)cc1C(=O)NC(CN1CCCC1=O)c1ccccc1.Cl. The maximum atomic E-state index is 12.8. The van der Waals surface area contributed by atoms with Gasteiger partial charge in [0.25, 0.3) is 5.91 Å². The molecule has 3 rings (SSSR count). The van der Waals surface area contributed by atoms with Crippen molar-refractivity contribution in [3.8, 4) is 0 Å². The van der Waals surface area contributed by atoms with Crippen LogP contribution in [0.2, 0.25) is 0 Å². The van der Waals surface area contributed by atoms with Crippen molar-refractivity contribution >= 4 is 29.9 Å². The summed E-state index contributed by atoms with van der Waals surface area (Å²) in [7, 11) is 0. The first-order chi connectivity index (χ1) is 12.0. The molecule has 2 amide bonds. The highest BCUT2D eigenvalue weighted by atomic mass is 35.5. The summed E-state index contributed by atoms with van der Waals surface area (Å²) in [5.74, 6) is -0.0272. The Morgan fingerprint density at radius 2 is 1.96 bits per heavy atom. The summed E-state index contributed by atoms with van der Waals surface area (Å²) in [6, 6.07) is 14.8. The molecule has 0 aromatic heterocycles. The molecule has 0 aliphatic carbocycles. The van der Waals surface area contributed by atoms with Crippen LogP contribution in [0.25, 0.3) is 0 Å². The molecule has 0 spiro atoms. The van der Waals surface area contributed by atoms with E-state index in [9.17, 15) is 9.59 Å². The molecule has 1 unspecified atom stereocenters. The molecule has 1 atom stereocenters. The van der Waals surface area contributed by atoms with Crippen molar-refractivity contribution in [1.29, 1.82) is 0 Å². The summed E-state index contributed by atoms with van der Waals surface area (Å²) >= 11 is 0. The van der Waals surface area contributed by atoms with Gasteiger partial charge < -0.3 is 16.0 Å². The highest BCUT2D eigenvalue weighted by molar-refractivity contribution is 5.96. The Hall–Kier alpha value is -2.53. The normalized spacial score (nSPS) is 14.7. The van der Waals surface area contributed by atoms with E-state index in [1.54, 1.807) is 12.1 Å². The van der Waals surface area contributed by atoms with Crippen LogP contribution in [0.1, 0.15) is 40.4 Å². The minimum Gasteiger partial charge on any atom is -0.399 e. The summed E-state index contributed by atoms with van der Waals surface area (Å²) in [5, 5.41) is 3.08. The summed E-state index contributed by atoms with van der Waals surface area (Å²) in [6.07, 6.45) is 1.46. The second-order valence-corrected chi connectivity index (χ2v) is 6.45. The lowest BCUT2D eigenvalue weighted by Gasteiger charge is -2.25. The highest BCUT2D eigenvalue weighted by Crippen LogP contribution is 2.20. The van der Waals surface area contributed by atoms with E-state index in [-0.39, 0.29) is 30.3 Å². The molecule has 6 heteroatoms. The number of likely N-dealkylation sites (tertiary alicyclic amines) is 1. The lowest BCUT2D eigenvalue weighted by atomic mass is 10.0. The van der Waals surface area contributed by atoms with Crippen molar-refractivity contribution in [2.45, 2.75) is 25.8 Å². The Kier molecular flexibility index (Phi) is 6.64. The molecular formula is C20H24ClN3O2. The Labute approximate surface area is 160 Å². The van der Waals surface area contributed by atoms with Gasteiger partial charge in [-0.25, -0.2) is 0 Å². The van der Waals surface area contributed by atoms with Gasteiger partial charge >= 0.3 is 0 Å². The van der Waals surface area contributed by atoms with Crippen molar-refractivity contribution in [2.24, 2.45) is 0 Å². The first-order valence-electron chi connectivity index (χ1n) is 8.54. The molecule has 1 aliphatic rings. The number of nitrogens with zero attached hydrogens (tertiary/aromatic N) is 1. The molecule has 0 radical (unpaired) electrons. The molecule has 3 N–H and O–H groups in total. The Balaban J connectivity index is 0.00000243. The van der Waals surface area contributed by atoms with Crippen LogP contribution < -0.4 is 11.1 Å². The predicted molar refractivity (Wildman–Crippen MR) is 105 cm³/mol. The number of amides is 2. The fourth-order valence-corrected chi connectivity index (χ4v) is 3.16. The summed E-state index contributed by atoms with van der Waals surface area (Å²) < 4.78 is 0. The third-order valence-electron chi connectivity index (χ3n) is 4.59. The third-order valence-corrected chi connectivity index (χ3v) is 4.59. The summed E-state index contributed by atoms with van der Waals surface area (Å²) in [5.41, 5.74) is 8.80. The molecule has 138 valence electrons. The van der Waals surface area contributed by atoms with Crippen LogP contribution in [-0.2, 0) is 4.79 Å². The molecule has 0 saturated carbocycles. The second-order valence-electron chi connectivity index (χ2n) is 6.45. The molecule has 2 aromatic carbocycles. The van der Waals surface area contributed by atoms with Crippen molar-refractivity contribution in [3.05, 3.63) is 65.2 Å². The molecular weight excluding hydrogens is 350 g/mol. The number of carbonyl (C=O) groups excluding carboxylic acids is 2. The van der Waals surface area contributed by atoms with Crippen LogP contribution in [0, 0.1) is 6.92 Å². The number of hydrogen-bond acceptors (Lipinski definition) is 3. The predicted octanol–water partition coefficient (Wildman–Crippen LogP) is 3.09. The Morgan fingerprint density at radius 1 is 1.23 bits per heavy atom. The summed E-state index contributed by atoms with van der Waals surface area (Å²) in [4.78, 5) is 26.6. The van der Waals surface area contributed by atoms with Crippen LogP contribution >= 0.6 is 12.4 Å². The van der Waals surface area contributed by atoms with E-state index in [0.717, 1.165) is 24.1 Å². The maximum absolute atomic E-state index is 12.8. The number of anilines is 1. The Morgan fingerprint density at radius 3 is 2.62 bits per heavy atom. The zero-order valence-electron chi connectivity index (χ0n) is 14.8. The third kappa shape index (κ3) is 4.55. The average Bonchev–Trinajstić information content (AvgIpc) is 3.02. The standard InChI is InChI=1S/C20H23N3O2.ClH/c1-14-9-10-16(21)12-17(14)20(25)22-18(15-6-3-2-4-7-15)13-23-11-5-8-19(23)24;/h2-4,6-7,9-10,12,18H,5,8,11,13,21H2,1H3,(H,22,25);1H. The number of nitrogens with one attached hydrogen (secondary N) is 1. The number of aryl methyl sites for hydroxylation is 1. The fourth-order valence-electron chi connectivity index (χ4n) is 3.16. The lowest BCUT2D eigenvalue weighted by Crippen LogP contribution is -2.38. The highest BCUT2D eigenvalue weighted by Gasteiger charge is 2.25. The lowest BCUT2D eigenvalue weighted by molar-refractivity contribution is -0.128. The van der Waals surface area contributed by atoms with E-state index in [2.05, 4.69) is 5.32 Å². The molecule has 0 bridgehead atoms. The fraction of sp³-hybridized carbons (Fsp3) is 0.300. The number of hydrogen-bond donors (Lipinski definition) is 2. The minimum absolute atomic E-state index is 0. The van der Waals surface area contributed by atoms with Gasteiger partial charge in [-0.3, -0.25) is 9.59 Å². The van der Waals surface area contributed by atoms with Gasteiger partial charge in [-0.05, 0) is 36.6 Å².